The number of benzene rings is 4. The van der Waals surface area contributed by atoms with Gasteiger partial charge >= 0.3 is 11.9 Å². The van der Waals surface area contributed by atoms with Crippen LogP contribution in [-0.2, 0) is 21.0 Å². The van der Waals surface area contributed by atoms with Crippen molar-refractivity contribution in [2.24, 2.45) is 0 Å². The summed E-state index contributed by atoms with van der Waals surface area (Å²) in [5.41, 5.74) is 5.80. The Morgan fingerprint density at radius 2 is 0.861 bits per heavy atom. The fourth-order valence-electron chi connectivity index (χ4n) is 3.53. The first kappa shape index (κ1) is 25.6. The number of esters is 2. The molecule has 4 aromatic rings. The quantitative estimate of drug-likeness (QED) is 0.170. The average molecular weight is 515 g/mol. The van der Waals surface area contributed by atoms with E-state index in [0.29, 0.717) is 11.1 Å². The van der Waals surface area contributed by atoms with Crippen molar-refractivity contribution < 1.29 is 19.1 Å². The molecular formula is C30H26O4S2. The molecule has 0 atom stereocenters. The van der Waals surface area contributed by atoms with Gasteiger partial charge in [0.05, 0.1) is 25.3 Å². The molecule has 0 aromatic heterocycles. The van der Waals surface area contributed by atoms with Crippen molar-refractivity contribution in [1.29, 1.82) is 0 Å². The molecule has 0 aliphatic carbocycles. The predicted molar refractivity (Wildman–Crippen MR) is 147 cm³/mol. The second kappa shape index (κ2) is 12.5. The summed E-state index contributed by atoms with van der Waals surface area (Å²) in [6, 6.07) is 32.2. The standard InChI is InChI=1S/C30H26O4S2/c1-33-29(31)25-7-3-21(4-8-25)19-35-27-15-11-23(12-16-27)24-13-17-28(18-14-24)36-20-22-5-9-26(10-6-22)30(32)34-2/h3-18H,19-20H2,1-2H3. The lowest BCUT2D eigenvalue weighted by Gasteiger charge is -2.07. The van der Waals surface area contributed by atoms with Gasteiger partial charge in [0.15, 0.2) is 0 Å². The molecule has 6 heteroatoms. The summed E-state index contributed by atoms with van der Waals surface area (Å²) in [6.45, 7) is 0. The molecule has 0 aliphatic heterocycles. The van der Waals surface area contributed by atoms with E-state index in [2.05, 4.69) is 48.5 Å². The van der Waals surface area contributed by atoms with Gasteiger partial charge < -0.3 is 9.47 Å². The third-order valence-corrected chi connectivity index (χ3v) is 7.77. The highest BCUT2D eigenvalue weighted by molar-refractivity contribution is 7.98. The predicted octanol–water partition coefficient (Wildman–Crippen LogP) is 7.51. The van der Waals surface area contributed by atoms with E-state index in [4.69, 9.17) is 9.47 Å². The summed E-state index contributed by atoms with van der Waals surface area (Å²) in [5.74, 6) is 1.03. The number of rotatable bonds is 9. The van der Waals surface area contributed by atoms with Crippen molar-refractivity contribution in [3.05, 3.63) is 119 Å². The third kappa shape index (κ3) is 6.80. The van der Waals surface area contributed by atoms with Crippen LogP contribution in [0.15, 0.2) is 107 Å². The molecular weight excluding hydrogens is 488 g/mol. The Morgan fingerprint density at radius 3 is 1.17 bits per heavy atom. The van der Waals surface area contributed by atoms with Gasteiger partial charge in [-0.2, -0.15) is 0 Å². The largest absolute Gasteiger partial charge is 0.465 e. The van der Waals surface area contributed by atoms with E-state index < -0.39 is 0 Å². The molecule has 0 fully saturated rings. The highest BCUT2D eigenvalue weighted by atomic mass is 32.2. The van der Waals surface area contributed by atoms with Crippen molar-refractivity contribution in [1.82, 2.24) is 0 Å². The average Bonchev–Trinajstić information content (AvgIpc) is 2.95. The van der Waals surface area contributed by atoms with E-state index in [0.717, 1.165) is 22.6 Å². The lowest BCUT2D eigenvalue weighted by molar-refractivity contribution is 0.0592. The Balaban J connectivity index is 1.29. The van der Waals surface area contributed by atoms with Gasteiger partial charge in [0.25, 0.3) is 0 Å². The van der Waals surface area contributed by atoms with Crippen LogP contribution in [0.2, 0.25) is 0 Å². The Bertz CT molecular complexity index is 1190. The van der Waals surface area contributed by atoms with Crippen LogP contribution < -0.4 is 0 Å². The van der Waals surface area contributed by atoms with Crippen molar-refractivity contribution >= 4 is 35.5 Å². The zero-order valence-electron chi connectivity index (χ0n) is 20.1. The van der Waals surface area contributed by atoms with Crippen LogP contribution in [0.5, 0.6) is 0 Å². The van der Waals surface area contributed by atoms with Gasteiger partial charge in [-0.15, -0.1) is 23.5 Å². The smallest absolute Gasteiger partial charge is 0.337 e. The van der Waals surface area contributed by atoms with E-state index in [1.54, 1.807) is 47.8 Å². The van der Waals surface area contributed by atoms with Crippen LogP contribution in [-0.4, -0.2) is 26.2 Å². The first-order valence-electron chi connectivity index (χ1n) is 11.4. The van der Waals surface area contributed by atoms with Gasteiger partial charge in [0.2, 0.25) is 0 Å². The summed E-state index contributed by atoms with van der Waals surface area (Å²) in [5, 5.41) is 0. The Kier molecular flexibility index (Phi) is 8.87. The first-order valence-corrected chi connectivity index (χ1v) is 13.3. The maximum atomic E-state index is 11.6. The van der Waals surface area contributed by atoms with E-state index in [1.165, 1.54) is 35.1 Å². The van der Waals surface area contributed by atoms with Gasteiger partial charge in [-0.05, 0) is 70.8 Å². The number of carbonyl (C=O) groups is 2. The first-order chi connectivity index (χ1) is 17.6. The van der Waals surface area contributed by atoms with E-state index in [-0.39, 0.29) is 11.9 Å². The molecule has 0 N–H and O–H groups in total. The van der Waals surface area contributed by atoms with Crippen LogP contribution in [0.25, 0.3) is 11.1 Å². The van der Waals surface area contributed by atoms with Crippen molar-refractivity contribution in [2.75, 3.05) is 14.2 Å². The minimum Gasteiger partial charge on any atom is -0.465 e. The van der Waals surface area contributed by atoms with E-state index >= 15 is 0 Å². The molecule has 0 unspecified atom stereocenters. The minimum atomic E-state index is -0.317. The van der Waals surface area contributed by atoms with Gasteiger partial charge in [-0.1, -0.05) is 48.5 Å². The molecule has 4 aromatic carbocycles. The molecule has 36 heavy (non-hydrogen) atoms. The molecule has 4 nitrogen and oxygen atoms in total. The molecule has 0 radical (unpaired) electrons. The molecule has 182 valence electrons. The minimum absolute atomic E-state index is 0.317. The maximum absolute atomic E-state index is 11.6. The monoisotopic (exact) mass is 514 g/mol. The van der Waals surface area contributed by atoms with Crippen LogP contribution in [0.3, 0.4) is 0 Å². The molecule has 0 amide bonds. The molecule has 0 aliphatic rings. The second-order valence-corrected chi connectivity index (χ2v) is 10.1. The highest BCUT2D eigenvalue weighted by Gasteiger charge is 2.06. The molecule has 4 rings (SSSR count). The fraction of sp³-hybridized carbons (Fsp3) is 0.133. The molecule has 0 bridgehead atoms. The van der Waals surface area contributed by atoms with Crippen molar-refractivity contribution in [3.63, 3.8) is 0 Å². The Hall–Kier alpha value is -3.48. The molecule has 0 heterocycles. The highest BCUT2D eigenvalue weighted by Crippen LogP contribution is 2.29. The van der Waals surface area contributed by atoms with Crippen LogP contribution >= 0.6 is 23.5 Å². The van der Waals surface area contributed by atoms with Crippen molar-refractivity contribution in [3.8, 4) is 11.1 Å². The zero-order valence-corrected chi connectivity index (χ0v) is 21.7. The Morgan fingerprint density at radius 1 is 0.528 bits per heavy atom. The summed E-state index contributed by atoms with van der Waals surface area (Å²) in [4.78, 5) is 25.5. The molecule has 0 saturated carbocycles. The van der Waals surface area contributed by atoms with E-state index in [9.17, 15) is 9.59 Å². The summed E-state index contributed by atoms with van der Waals surface area (Å²) in [7, 11) is 2.78. The zero-order chi connectivity index (χ0) is 25.3. The maximum Gasteiger partial charge on any atom is 0.337 e. The van der Waals surface area contributed by atoms with Crippen LogP contribution in [0.1, 0.15) is 31.8 Å². The van der Waals surface area contributed by atoms with Gasteiger partial charge in [-0.25, -0.2) is 9.59 Å². The second-order valence-electron chi connectivity index (χ2n) is 8.00. The topological polar surface area (TPSA) is 52.6 Å². The summed E-state index contributed by atoms with van der Waals surface area (Å²) < 4.78 is 9.49. The van der Waals surface area contributed by atoms with Crippen LogP contribution in [0.4, 0.5) is 0 Å². The van der Waals surface area contributed by atoms with Crippen molar-refractivity contribution in [2.45, 2.75) is 21.3 Å². The lowest BCUT2D eigenvalue weighted by atomic mass is 10.1. The summed E-state index contributed by atoms with van der Waals surface area (Å²) in [6.07, 6.45) is 0. The van der Waals surface area contributed by atoms with E-state index in [1.807, 2.05) is 24.3 Å². The van der Waals surface area contributed by atoms with Gasteiger partial charge in [0.1, 0.15) is 0 Å². The SMILES string of the molecule is COC(=O)c1ccc(CSc2ccc(-c3ccc(SCc4ccc(C(=O)OC)cc4)cc3)cc2)cc1. The number of methoxy groups -OCH3 is 2. The summed E-state index contributed by atoms with van der Waals surface area (Å²) >= 11 is 3.53. The molecule has 0 saturated heterocycles. The molecule has 0 spiro atoms. The number of carbonyl (C=O) groups excluding carboxylic acids is 2. The Labute approximate surface area is 220 Å². The van der Waals surface area contributed by atoms with Crippen LogP contribution in [0, 0.1) is 0 Å². The number of thioether (sulfide) groups is 2. The number of hydrogen-bond donors (Lipinski definition) is 0. The van der Waals surface area contributed by atoms with Gasteiger partial charge in [-0.3, -0.25) is 0 Å². The fourth-order valence-corrected chi connectivity index (χ4v) is 5.24. The van der Waals surface area contributed by atoms with Gasteiger partial charge in [0, 0.05) is 21.3 Å². The normalized spacial score (nSPS) is 10.6. The number of hydrogen-bond acceptors (Lipinski definition) is 6. The third-order valence-electron chi connectivity index (χ3n) is 5.60. The lowest BCUT2D eigenvalue weighted by Crippen LogP contribution is -2.00. The number of ether oxygens (including phenoxy) is 2.